The molecule has 2 aromatic carbocycles. The first-order valence-electron chi connectivity index (χ1n) is 6.33. The molecule has 0 aliphatic rings. The molecule has 0 N–H and O–H groups in total. The summed E-state index contributed by atoms with van der Waals surface area (Å²) in [5.41, 5.74) is 1.61. The van der Waals surface area contributed by atoms with Gasteiger partial charge in [0.05, 0.1) is 4.47 Å². The summed E-state index contributed by atoms with van der Waals surface area (Å²) in [5, 5.41) is 1.34. The minimum atomic E-state index is -0.292. The van der Waals surface area contributed by atoms with E-state index in [-0.39, 0.29) is 17.0 Å². The summed E-state index contributed by atoms with van der Waals surface area (Å²) < 4.78 is 27.3. The first kappa shape index (κ1) is 17.1. The Kier molecular flexibility index (Phi) is 5.97. The van der Waals surface area contributed by atoms with Crippen LogP contribution in [0.3, 0.4) is 0 Å². The molecule has 2 aromatic rings. The van der Waals surface area contributed by atoms with Crippen molar-refractivity contribution in [3.05, 3.63) is 69.7 Å². The fourth-order valence-corrected chi connectivity index (χ4v) is 4.64. The van der Waals surface area contributed by atoms with Gasteiger partial charge in [0.2, 0.25) is 0 Å². The zero-order valence-electron chi connectivity index (χ0n) is 11.1. The van der Waals surface area contributed by atoms with E-state index >= 15 is 0 Å². The molecule has 0 aliphatic heterocycles. The van der Waals surface area contributed by atoms with Crippen molar-refractivity contribution in [2.75, 3.05) is 10.7 Å². The van der Waals surface area contributed by atoms with Crippen molar-refractivity contribution in [1.29, 1.82) is 0 Å². The van der Waals surface area contributed by atoms with E-state index in [4.69, 9.17) is 0 Å². The molecule has 2 rings (SSSR count). The highest BCUT2D eigenvalue weighted by Gasteiger charge is 2.31. The van der Waals surface area contributed by atoms with Crippen LogP contribution in [0.1, 0.15) is 11.1 Å². The Morgan fingerprint density at radius 2 is 1.67 bits per heavy atom. The van der Waals surface area contributed by atoms with Crippen molar-refractivity contribution in [2.45, 2.75) is 11.8 Å². The molecule has 0 spiro atoms. The summed E-state index contributed by atoms with van der Waals surface area (Å²) in [4.78, 5) is 0. The van der Waals surface area contributed by atoms with Gasteiger partial charge in [-0.15, -0.1) is 0 Å². The molecule has 0 nitrogen and oxygen atoms in total. The first-order valence-corrected chi connectivity index (χ1v) is 9.36. The number of halogens is 5. The number of rotatable bonds is 5. The van der Waals surface area contributed by atoms with Gasteiger partial charge in [-0.05, 0) is 57.7 Å². The third-order valence-corrected chi connectivity index (χ3v) is 6.23. The predicted octanol–water partition coefficient (Wildman–Crippen LogP) is 6.00. The maximum atomic E-state index is 13.5. The number of alkyl halides is 2. The van der Waals surface area contributed by atoms with E-state index < -0.39 is 0 Å². The van der Waals surface area contributed by atoms with Crippen LogP contribution in [-0.4, -0.2) is 10.7 Å². The normalized spacial score (nSPS) is 11.7. The fraction of sp³-hybridized carbons (Fsp3) is 0.250. The van der Waals surface area contributed by atoms with Gasteiger partial charge in [-0.25, -0.2) is 8.78 Å². The van der Waals surface area contributed by atoms with Gasteiger partial charge < -0.3 is 0 Å². The topological polar surface area (TPSA) is 0 Å². The molecule has 0 bridgehead atoms. The lowest BCUT2D eigenvalue weighted by molar-refractivity contribution is 0.539. The van der Waals surface area contributed by atoms with Crippen LogP contribution in [0.4, 0.5) is 8.78 Å². The summed E-state index contributed by atoms with van der Waals surface area (Å²) in [6, 6.07) is 11.6. The second kappa shape index (κ2) is 7.34. The Balaban J connectivity index is 2.40. The second-order valence-electron chi connectivity index (χ2n) is 4.98. The molecule has 0 aliphatic carbocycles. The second-order valence-corrected chi connectivity index (χ2v) is 6.96. The lowest BCUT2D eigenvalue weighted by Gasteiger charge is -2.31. The van der Waals surface area contributed by atoms with Gasteiger partial charge in [0.25, 0.3) is 0 Å². The molecule has 0 atom stereocenters. The van der Waals surface area contributed by atoms with E-state index in [2.05, 4.69) is 47.8 Å². The van der Waals surface area contributed by atoms with E-state index in [1.54, 1.807) is 24.3 Å². The Bertz CT molecular complexity index is 625. The molecule has 0 saturated heterocycles. The monoisotopic (exact) mass is 480 g/mol. The van der Waals surface area contributed by atoms with E-state index in [1.807, 2.05) is 6.07 Å². The van der Waals surface area contributed by atoms with Gasteiger partial charge in [-0.1, -0.05) is 50.1 Å². The van der Waals surface area contributed by atoms with Crippen molar-refractivity contribution in [3.8, 4) is 0 Å². The molecule has 0 amide bonds. The average Bonchev–Trinajstić information content (AvgIpc) is 2.48. The lowest BCUT2D eigenvalue weighted by Crippen LogP contribution is -2.33. The summed E-state index contributed by atoms with van der Waals surface area (Å²) in [5.74, 6) is -0.535. The summed E-state index contributed by atoms with van der Waals surface area (Å²) >= 11 is 10.3. The SMILES string of the molecule is Fc1cccc(C(CBr)(CBr)Cc2ccc(F)c(Br)c2)c1. The van der Waals surface area contributed by atoms with Gasteiger partial charge in [0.1, 0.15) is 11.6 Å². The minimum Gasteiger partial charge on any atom is -0.207 e. The number of hydrogen-bond acceptors (Lipinski definition) is 0. The smallest absolute Gasteiger partial charge is 0.137 e. The van der Waals surface area contributed by atoms with Gasteiger partial charge in [-0.2, -0.15) is 0 Å². The quantitative estimate of drug-likeness (QED) is 0.459. The van der Waals surface area contributed by atoms with Crippen LogP contribution < -0.4 is 0 Å². The average molecular weight is 483 g/mol. The van der Waals surface area contributed by atoms with Crippen LogP contribution >= 0.6 is 47.8 Å². The third kappa shape index (κ3) is 3.93. The molecule has 0 aromatic heterocycles. The van der Waals surface area contributed by atoms with Crippen LogP contribution in [0.25, 0.3) is 0 Å². The van der Waals surface area contributed by atoms with Crippen LogP contribution in [0, 0.1) is 11.6 Å². The Morgan fingerprint density at radius 1 is 0.952 bits per heavy atom. The van der Waals surface area contributed by atoms with E-state index in [9.17, 15) is 8.78 Å². The lowest BCUT2D eigenvalue weighted by atomic mass is 9.79. The van der Waals surface area contributed by atoms with Gasteiger partial charge in [0.15, 0.2) is 0 Å². The van der Waals surface area contributed by atoms with Crippen molar-refractivity contribution in [2.24, 2.45) is 0 Å². The molecule has 5 heteroatoms. The summed E-state index contributed by atoms with van der Waals surface area (Å²) in [7, 11) is 0. The van der Waals surface area contributed by atoms with Crippen LogP contribution in [-0.2, 0) is 11.8 Å². The molecule has 21 heavy (non-hydrogen) atoms. The Hall–Kier alpha value is -0.260. The van der Waals surface area contributed by atoms with Crippen LogP contribution in [0.5, 0.6) is 0 Å². The van der Waals surface area contributed by atoms with Gasteiger partial charge in [0, 0.05) is 16.1 Å². The predicted molar refractivity (Wildman–Crippen MR) is 93.5 cm³/mol. The highest BCUT2D eigenvalue weighted by atomic mass is 79.9. The summed E-state index contributed by atoms with van der Waals surface area (Å²) in [6.45, 7) is 0. The van der Waals surface area contributed by atoms with E-state index in [0.717, 1.165) is 11.1 Å². The van der Waals surface area contributed by atoms with E-state index in [0.29, 0.717) is 21.6 Å². The molecule has 112 valence electrons. The van der Waals surface area contributed by atoms with Gasteiger partial charge >= 0.3 is 0 Å². The Morgan fingerprint density at radius 3 is 2.24 bits per heavy atom. The maximum absolute atomic E-state index is 13.5. The van der Waals surface area contributed by atoms with Crippen molar-refractivity contribution in [1.82, 2.24) is 0 Å². The zero-order chi connectivity index (χ0) is 15.5. The molecule has 0 saturated carbocycles. The zero-order valence-corrected chi connectivity index (χ0v) is 15.8. The third-order valence-electron chi connectivity index (χ3n) is 3.48. The molecule has 0 fully saturated rings. The Labute approximate surface area is 148 Å². The number of hydrogen-bond donors (Lipinski definition) is 0. The fourth-order valence-electron chi connectivity index (χ4n) is 2.25. The largest absolute Gasteiger partial charge is 0.207 e. The molecule has 0 heterocycles. The highest BCUT2D eigenvalue weighted by Crippen LogP contribution is 2.34. The molecule has 0 radical (unpaired) electrons. The van der Waals surface area contributed by atoms with Crippen LogP contribution in [0.15, 0.2) is 46.9 Å². The maximum Gasteiger partial charge on any atom is 0.137 e. The van der Waals surface area contributed by atoms with Crippen molar-refractivity contribution in [3.63, 3.8) is 0 Å². The molecular weight excluding hydrogens is 470 g/mol. The van der Waals surface area contributed by atoms with Crippen molar-refractivity contribution >= 4 is 47.8 Å². The standard InChI is InChI=1S/C16H13Br3F2/c17-9-16(10-18,12-2-1-3-13(20)7-12)8-11-4-5-15(21)14(19)6-11/h1-7H,8-10H2. The van der Waals surface area contributed by atoms with Crippen LogP contribution in [0.2, 0.25) is 0 Å². The minimum absolute atomic E-state index is 0.251. The number of benzene rings is 2. The van der Waals surface area contributed by atoms with E-state index in [1.165, 1.54) is 12.1 Å². The first-order chi connectivity index (χ1) is 10.0. The van der Waals surface area contributed by atoms with Gasteiger partial charge in [-0.3, -0.25) is 0 Å². The summed E-state index contributed by atoms with van der Waals surface area (Å²) in [6.07, 6.45) is 0.672. The molecule has 0 unspecified atom stereocenters. The van der Waals surface area contributed by atoms with Crippen molar-refractivity contribution < 1.29 is 8.78 Å². The molecular formula is C16H13Br3F2. The highest BCUT2D eigenvalue weighted by molar-refractivity contribution is 9.10.